The quantitative estimate of drug-likeness (QED) is 0.619. The Kier molecular flexibility index (Phi) is 7.12. The van der Waals surface area contributed by atoms with Crippen molar-refractivity contribution < 1.29 is 13.9 Å². The van der Waals surface area contributed by atoms with Crippen molar-refractivity contribution >= 4 is 46.7 Å². The van der Waals surface area contributed by atoms with Crippen LogP contribution in [0.15, 0.2) is 30.3 Å². The van der Waals surface area contributed by atoms with Gasteiger partial charge in [-0.2, -0.15) is 5.26 Å². The normalized spacial score (nSPS) is 15.8. The second-order valence-electron chi connectivity index (χ2n) is 6.47. The smallest absolute Gasteiger partial charge is 0.264 e. The lowest BCUT2D eigenvalue weighted by Crippen LogP contribution is -2.34. The second-order valence-corrected chi connectivity index (χ2v) is 7.90. The van der Waals surface area contributed by atoms with Crippen LogP contribution >= 0.6 is 35.1 Å². The standard InChI is InChI=1S/C20H18Cl2FN3O2S/c1-29-25-20(27)15-8-17(22)19(9-18(15)23)28-11-14-3-2-6-26(14)13-5-4-12(10-24)16(21)7-13/h4-5,7-9,14H,2-3,6,11H2,1H3,(H,25,27). The van der Waals surface area contributed by atoms with E-state index < -0.39 is 11.7 Å². The topological polar surface area (TPSA) is 65.4 Å². The first-order chi connectivity index (χ1) is 13.9. The average Bonchev–Trinajstić information content (AvgIpc) is 3.17. The zero-order valence-electron chi connectivity index (χ0n) is 15.5. The van der Waals surface area contributed by atoms with E-state index in [1.807, 2.05) is 12.1 Å². The number of carbonyl (C=O) groups excluding carboxylic acids is 1. The zero-order valence-corrected chi connectivity index (χ0v) is 17.9. The van der Waals surface area contributed by atoms with Crippen molar-refractivity contribution in [2.45, 2.75) is 18.9 Å². The third-order valence-electron chi connectivity index (χ3n) is 4.67. The highest BCUT2D eigenvalue weighted by atomic mass is 35.5. The molecule has 1 N–H and O–H groups in total. The Morgan fingerprint density at radius 1 is 1.38 bits per heavy atom. The molecular formula is C20H18Cl2FN3O2S. The SMILES string of the molecule is CSNC(=O)c1cc(Cl)c(OCC2CCCN2c2ccc(C#N)c(Cl)c2)cc1F. The number of halogens is 3. The van der Waals surface area contributed by atoms with E-state index in [0.717, 1.165) is 43.1 Å². The Bertz CT molecular complexity index is 967. The molecule has 0 radical (unpaired) electrons. The number of ether oxygens (including phenoxy) is 1. The molecule has 9 heteroatoms. The van der Waals surface area contributed by atoms with Crippen LogP contribution < -0.4 is 14.4 Å². The predicted molar refractivity (Wildman–Crippen MR) is 114 cm³/mol. The second kappa shape index (κ2) is 9.57. The summed E-state index contributed by atoms with van der Waals surface area (Å²) >= 11 is 13.4. The fraction of sp³-hybridized carbons (Fsp3) is 0.300. The van der Waals surface area contributed by atoms with Gasteiger partial charge in [0.2, 0.25) is 0 Å². The van der Waals surface area contributed by atoms with E-state index in [-0.39, 0.29) is 22.4 Å². The number of rotatable bonds is 6. The van der Waals surface area contributed by atoms with Gasteiger partial charge in [0, 0.05) is 24.6 Å². The van der Waals surface area contributed by atoms with Crippen LogP contribution in [0, 0.1) is 17.1 Å². The van der Waals surface area contributed by atoms with E-state index in [2.05, 4.69) is 9.62 Å². The summed E-state index contributed by atoms with van der Waals surface area (Å²) in [5, 5.41) is 9.61. The molecule has 5 nitrogen and oxygen atoms in total. The Balaban J connectivity index is 1.72. The van der Waals surface area contributed by atoms with Gasteiger partial charge in [0.15, 0.2) is 0 Å². The molecule has 0 bridgehead atoms. The van der Waals surface area contributed by atoms with E-state index in [1.54, 1.807) is 18.4 Å². The molecule has 1 aliphatic rings. The first kappa shape index (κ1) is 21.6. The molecule has 0 aliphatic carbocycles. The van der Waals surface area contributed by atoms with Crippen LogP contribution in [0.3, 0.4) is 0 Å². The molecule has 1 aliphatic heterocycles. The van der Waals surface area contributed by atoms with Crippen LogP contribution in [0.2, 0.25) is 10.0 Å². The molecular weight excluding hydrogens is 436 g/mol. The van der Waals surface area contributed by atoms with Gasteiger partial charge in [-0.1, -0.05) is 35.1 Å². The fourth-order valence-corrected chi connectivity index (χ4v) is 4.00. The van der Waals surface area contributed by atoms with Crippen molar-refractivity contribution in [2.75, 3.05) is 24.3 Å². The van der Waals surface area contributed by atoms with Gasteiger partial charge in [0.1, 0.15) is 24.2 Å². The van der Waals surface area contributed by atoms with E-state index >= 15 is 0 Å². The summed E-state index contributed by atoms with van der Waals surface area (Å²) in [5.74, 6) is -1.06. The highest BCUT2D eigenvalue weighted by Gasteiger charge is 2.26. The van der Waals surface area contributed by atoms with E-state index in [0.29, 0.717) is 17.2 Å². The summed E-state index contributed by atoms with van der Waals surface area (Å²) in [4.78, 5) is 14.0. The molecule has 1 heterocycles. The van der Waals surface area contributed by atoms with Gasteiger partial charge >= 0.3 is 0 Å². The largest absolute Gasteiger partial charge is 0.490 e. The minimum absolute atomic E-state index is 0.0533. The molecule has 1 fully saturated rings. The zero-order chi connectivity index (χ0) is 21.0. The summed E-state index contributed by atoms with van der Waals surface area (Å²) in [6.45, 7) is 1.12. The van der Waals surface area contributed by atoms with Gasteiger partial charge in [0.05, 0.1) is 27.2 Å². The summed E-state index contributed by atoms with van der Waals surface area (Å²) in [6.07, 6.45) is 3.54. The first-order valence-corrected chi connectivity index (χ1v) is 10.8. The van der Waals surface area contributed by atoms with Crippen LogP contribution in [0.5, 0.6) is 5.75 Å². The van der Waals surface area contributed by atoms with Crippen LogP contribution in [0.4, 0.5) is 10.1 Å². The molecule has 29 heavy (non-hydrogen) atoms. The van der Waals surface area contributed by atoms with Crippen LogP contribution in [-0.4, -0.2) is 31.4 Å². The van der Waals surface area contributed by atoms with Gasteiger partial charge in [-0.3, -0.25) is 9.52 Å². The maximum absolute atomic E-state index is 14.3. The van der Waals surface area contributed by atoms with Crippen molar-refractivity contribution in [3.63, 3.8) is 0 Å². The Morgan fingerprint density at radius 2 is 2.17 bits per heavy atom. The van der Waals surface area contributed by atoms with Crippen molar-refractivity contribution in [3.05, 3.63) is 57.3 Å². The lowest BCUT2D eigenvalue weighted by Gasteiger charge is -2.27. The van der Waals surface area contributed by atoms with Gasteiger partial charge in [-0.15, -0.1) is 0 Å². The minimum atomic E-state index is -0.696. The van der Waals surface area contributed by atoms with E-state index in [1.165, 1.54) is 6.07 Å². The van der Waals surface area contributed by atoms with E-state index in [9.17, 15) is 9.18 Å². The minimum Gasteiger partial charge on any atom is -0.490 e. The van der Waals surface area contributed by atoms with Crippen molar-refractivity contribution in [2.24, 2.45) is 0 Å². The highest BCUT2D eigenvalue weighted by molar-refractivity contribution is 7.97. The lowest BCUT2D eigenvalue weighted by atomic mass is 10.1. The predicted octanol–water partition coefficient (Wildman–Crippen LogP) is 5.06. The maximum atomic E-state index is 14.3. The molecule has 1 atom stereocenters. The molecule has 3 rings (SSSR count). The molecule has 1 amide bonds. The van der Waals surface area contributed by atoms with Crippen LogP contribution in [-0.2, 0) is 0 Å². The third kappa shape index (κ3) is 4.89. The Hall–Kier alpha value is -2.14. The number of amides is 1. The maximum Gasteiger partial charge on any atom is 0.264 e. The van der Waals surface area contributed by atoms with Gasteiger partial charge in [0.25, 0.3) is 5.91 Å². The van der Waals surface area contributed by atoms with Gasteiger partial charge in [-0.25, -0.2) is 4.39 Å². The number of nitrogens with one attached hydrogen (secondary N) is 1. The molecule has 0 saturated carbocycles. The van der Waals surface area contributed by atoms with Gasteiger partial charge < -0.3 is 9.64 Å². The third-order valence-corrected chi connectivity index (χ3v) is 5.67. The summed E-state index contributed by atoms with van der Waals surface area (Å²) < 4.78 is 22.6. The molecule has 152 valence electrons. The molecule has 2 aromatic rings. The van der Waals surface area contributed by atoms with Gasteiger partial charge in [-0.05, 0) is 37.1 Å². The summed E-state index contributed by atoms with van der Waals surface area (Å²) in [7, 11) is 0. The Labute approximate surface area is 182 Å². The number of benzene rings is 2. The number of hydrogen-bond donors (Lipinski definition) is 1. The average molecular weight is 454 g/mol. The number of hydrogen-bond acceptors (Lipinski definition) is 5. The molecule has 2 aromatic carbocycles. The van der Waals surface area contributed by atoms with E-state index in [4.69, 9.17) is 33.2 Å². The van der Waals surface area contributed by atoms with Crippen molar-refractivity contribution in [1.82, 2.24) is 4.72 Å². The highest BCUT2D eigenvalue weighted by Crippen LogP contribution is 2.32. The molecule has 1 saturated heterocycles. The molecule has 0 aromatic heterocycles. The lowest BCUT2D eigenvalue weighted by molar-refractivity contribution is 0.0980. The monoisotopic (exact) mass is 453 g/mol. The summed E-state index contributed by atoms with van der Waals surface area (Å²) in [6, 6.07) is 9.82. The molecule has 0 spiro atoms. The van der Waals surface area contributed by atoms with Crippen molar-refractivity contribution in [3.8, 4) is 11.8 Å². The van der Waals surface area contributed by atoms with Crippen LogP contribution in [0.1, 0.15) is 28.8 Å². The number of nitriles is 1. The Morgan fingerprint density at radius 3 is 2.86 bits per heavy atom. The number of anilines is 1. The number of nitrogens with zero attached hydrogens (tertiary/aromatic N) is 2. The van der Waals surface area contributed by atoms with Crippen LogP contribution in [0.25, 0.3) is 0 Å². The summed E-state index contributed by atoms with van der Waals surface area (Å²) in [5.41, 5.74) is 1.20. The van der Waals surface area contributed by atoms with Crippen molar-refractivity contribution in [1.29, 1.82) is 5.26 Å². The number of carbonyl (C=O) groups is 1. The first-order valence-electron chi connectivity index (χ1n) is 8.86. The molecule has 1 unspecified atom stereocenters. The fourth-order valence-electron chi connectivity index (χ4n) is 3.27.